The molecule has 7 heteroatoms. The Kier molecular flexibility index (Phi) is 3.51. The lowest BCUT2D eigenvalue weighted by Crippen LogP contribution is -2.32. The second kappa shape index (κ2) is 5.08. The normalized spacial score (nSPS) is 22.6. The van der Waals surface area contributed by atoms with Crippen LogP contribution in [0.15, 0.2) is 23.1 Å². The fourth-order valence-electron chi connectivity index (χ4n) is 2.97. The minimum Gasteiger partial charge on any atom is -0.326 e. The van der Waals surface area contributed by atoms with Crippen LogP contribution in [-0.2, 0) is 21.2 Å². The van der Waals surface area contributed by atoms with Gasteiger partial charge in [-0.1, -0.05) is 6.07 Å². The molecule has 2 N–H and O–H groups in total. The van der Waals surface area contributed by atoms with Crippen molar-refractivity contribution in [2.45, 2.75) is 30.7 Å². The summed E-state index contributed by atoms with van der Waals surface area (Å²) < 4.78 is 26.7. The molecule has 1 aromatic carbocycles. The third kappa shape index (κ3) is 2.45. The highest BCUT2D eigenvalue weighted by Gasteiger charge is 2.32. The maximum atomic E-state index is 12.6. The van der Waals surface area contributed by atoms with E-state index in [2.05, 4.69) is 0 Å². The molecule has 2 heterocycles. The molecule has 1 saturated heterocycles. The smallest absolute Gasteiger partial charge is 0.243 e. The Morgan fingerprint density at radius 1 is 1.33 bits per heavy atom. The molecular weight excluding hydrogens is 290 g/mol. The lowest BCUT2D eigenvalue weighted by Gasteiger charge is -2.19. The Hall–Kier alpha value is -1.44. The van der Waals surface area contributed by atoms with Crippen molar-refractivity contribution in [2.24, 2.45) is 5.73 Å². The van der Waals surface area contributed by atoms with Crippen LogP contribution < -0.4 is 10.6 Å². The molecule has 0 bridgehead atoms. The van der Waals surface area contributed by atoms with Gasteiger partial charge >= 0.3 is 0 Å². The van der Waals surface area contributed by atoms with E-state index >= 15 is 0 Å². The van der Waals surface area contributed by atoms with Gasteiger partial charge in [-0.25, -0.2) is 8.42 Å². The molecule has 21 heavy (non-hydrogen) atoms. The Balaban J connectivity index is 1.97. The molecular formula is C14H19N3O3S. The van der Waals surface area contributed by atoms with Gasteiger partial charge in [-0.3, -0.25) is 4.79 Å². The number of nitrogens with two attached hydrogens (primary N) is 1. The number of hydrogen-bond acceptors (Lipinski definition) is 4. The van der Waals surface area contributed by atoms with Gasteiger partial charge in [-0.2, -0.15) is 4.31 Å². The molecule has 1 aromatic rings. The number of carbonyl (C=O) groups is 1. The molecule has 1 atom stereocenters. The van der Waals surface area contributed by atoms with Crippen LogP contribution in [0.25, 0.3) is 0 Å². The number of nitrogens with zero attached hydrogens (tertiary/aromatic N) is 2. The van der Waals surface area contributed by atoms with Gasteiger partial charge in [0.05, 0.1) is 4.90 Å². The van der Waals surface area contributed by atoms with Gasteiger partial charge in [0.15, 0.2) is 0 Å². The van der Waals surface area contributed by atoms with Crippen molar-refractivity contribution in [1.29, 1.82) is 0 Å². The van der Waals surface area contributed by atoms with Gasteiger partial charge in [0.2, 0.25) is 15.9 Å². The molecule has 0 unspecified atom stereocenters. The zero-order valence-corrected chi connectivity index (χ0v) is 12.8. The first-order valence-corrected chi connectivity index (χ1v) is 8.50. The summed E-state index contributed by atoms with van der Waals surface area (Å²) >= 11 is 0. The molecule has 0 radical (unpaired) electrons. The first-order chi connectivity index (χ1) is 9.89. The molecule has 0 aliphatic carbocycles. The van der Waals surface area contributed by atoms with Gasteiger partial charge < -0.3 is 10.6 Å². The quantitative estimate of drug-likeness (QED) is 0.852. The number of amides is 1. The van der Waals surface area contributed by atoms with E-state index in [4.69, 9.17) is 5.73 Å². The highest BCUT2D eigenvalue weighted by atomic mass is 32.2. The standard InChI is InChI=1S/C14H19N3O3S/c1-10(18)17-7-4-11-2-3-13(8-14(11)17)21(19,20)16-6-5-12(15)9-16/h2-3,8,12H,4-7,9,15H2,1H3/t12-/m1/s1. The van der Waals surface area contributed by atoms with Crippen LogP contribution in [0.1, 0.15) is 18.9 Å². The highest BCUT2D eigenvalue weighted by molar-refractivity contribution is 7.89. The van der Waals surface area contributed by atoms with Crippen LogP contribution in [0, 0.1) is 0 Å². The Bertz CT molecular complexity index is 687. The van der Waals surface area contributed by atoms with Gasteiger partial charge in [0, 0.05) is 38.3 Å². The van der Waals surface area contributed by atoms with E-state index in [9.17, 15) is 13.2 Å². The largest absolute Gasteiger partial charge is 0.326 e. The predicted molar refractivity (Wildman–Crippen MR) is 79.5 cm³/mol. The SMILES string of the molecule is CC(=O)N1CCc2ccc(S(=O)(=O)N3CC[C@@H](N)C3)cc21. The average molecular weight is 309 g/mol. The van der Waals surface area contributed by atoms with Crippen LogP contribution >= 0.6 is 0 Å². The van der Waals surface area contributed by atoms with Crippen LogP contribution in [0.2, 0.25) is 0 Å². The molecule has 0 saturated carbocycles. The number of carbonyl (C=O) groups excluding carboxylic acids is 1. The fourth-order valence-corrected chi connectivity index (χ4v) is 4.50. The third-order valence-corrected chi connectivity index (χ3v) is 6.02. The number of benzene rings is 1. The average Bonchev–Trinajstić information content (AvgIpc) is 3.03. The lowest BCUT2D eigenvalue weighted by atomic mass is 10.2. The highest BCUT2D eigenvalue weighted by Crippen LogP contribution is 2.32. The molecule has 0 aromatic heterocycles. The van der Waals surface area contributed by atoms with E-state index in [1.54, 1.807) is 23.1 Å². The molecule has 1 amide bonds. The first kappa shape index (κ1) is 14.5. The summed E-state index contributed by atoms with van der Waals surface area (Å²) in [6.07, 6.45) is 1.45. The molecule has 6 nitrogen and oxygen atoms in total. The van der Waals surface area contributed by atoms with Crippen LogP contribution in [0.3, 0.4) is 0 Å². The van der Waals surface area contributed by atoms with Crippen LogP contribution in [0.4, 0.5) is 5.69 Å². The van der Waals surface area contributed by atoms with Crippen molar-refractivity contribution in [2.75, 3.05) is 24.5 Å². The van der Waals surface area contributed by atoms with Gasteiger partial charge in [-0.15, -0.1) is 0 Å². The maximum Gasteiger partial charge on any atom is 0.243 e. The predicted octanol–water partition coefficient (Wildman–Crippen LogP) is 0.317. The van der Waals surface area contributed by atoms with Crippen molar-refractivity contribution in [3.63, 3.8) is 0 Å². The van der Waals surface area contributed by atoms with E-state index in [1.165, 1.54) is 11.2 Å². The Morgan fingerprint density at radius 3 is 2.71 bits per heavy atom. The van der Waals surface area contributed by atoms with E-state index in [-0.39, 0.29) is 16.8 Å². The van der Waals surface area contributed by atoms with Crippen molar-refractivity contribution in [3.05, 3.63) is 23.8 Å². The number of hydrogen-bond donors (Lipinski definition) is 1. The van der Waals surface area contributed by atoms with E-state index in [0.29, 0.717) is 31.7 Å². The Morgan fingerprint density at radius 2 is 2.10 bits per heavy atom. The topological polar surface area (TPSA) is 83.7 Å². The second-order valence-corrected chi connectivity index (χ2v) is 7.56. The van der Waals surface area contributed by atoms with Crippen molar-refractivity contribution < 1.29 is 13.2 Å². The Labute approximate surface area is 124 Å². The van der Waals surface area contributed by atoms with Crippen molar-refractivity contribution >= 4 is 21.6 Å². The van der Waals surface area contributed by atoms with Crippen LogP contribution in [-0.4, -0.2) is 44.3 Å². The monoisotopic (exact) mass is 309 g/mol. The van der Waals surface area contributed by atoms with Crippen molar-refractivity contribution in [1.82, 2.24) is 4.31 Å². The summed E-state index contributed by atoms with van der Waals surface area (Å²) in [5.74, 6) is -0.0634. The molecule has 2 aliphatic rings. The lowest BCUT2D eigenvalue weighted by molar-refractivity contribution is -0.116. The van der Waals surface area contributed by atoms with E-state index < -0.39 is 10.0 Å². The zero-order valence-electron chi connectivity index (χ0n) is 11.9. The minimum atomic E-state index is -3.53. The first-order valence-electron chi connectivity index (χ1n) is 7.06. The number of rotatable bonds is 2. The van der Waals surface area contributed by atoms with Crippen LogP contribution in [0.5, 0.6) is 0 Å². The third-order valence-electron chi connectivity index (χ3n) is 4.16. The van der Waals surface area contributed by atoms with Crippen molar-refractivity contribution in [3.8, 4) is 0 Å². The summed E-state index contributed by atoms with van der Waals surface area (Å²) in [6.45, 7) is 2.92. The molecule has 114 valence electrons. The molecule has 1 fully saturated rings. The van der Waals surface area contributed by atoms with E-state index in [0.717, 1.165) is 12.0 Å². The fraction of sp³-hybridized carbons (Fsp3) is 0.500. The van der Waals surface area contributed by atoms with Gasteiger partial charge in [-0.05, 0) is 30.5 Å². The number of anilines is 1. The summed E-state index contributed by atoms with van der Waals surface area (Å²) in [6, 6.07) is 4.95. The molecule has 3 rings (SSSR count). The minimum absolute atomic E-state index is 0.0634. The van der Waals surface area contributed by atoms with Gasteiger partial charge in [0.1, 0.15) is 0 Å². The summed E-state index contributed by atoms with van der Waals surface area (Å²) in [5.41, 5.74) is 7.52. The number of fused-ring (bicyclic) bond motifs is 1. The summed E-state index contributed by atoms with van der Waals surface area (Å²) in [7, 11) is -3.53. The molecule has 0 spiro atoms. The molecule has 2 aliphatic heterocycles. The number of sulfonamides is 1. The van der Waals surface area contributed by atoms with E-state index in [1.807, 2.05) is 0 Å². The maximum absolute atomic E-state index is 12.6. The van der Waals surface area contributed by atoms with Gasteiger partial charge in [0.25, 0.3) is 0 Å². The summed E-state index contributed by atoms with van der Waals surface area (Å²) in [4.78, 5) is 13.5. The second-order valence-electron chi connectivity index (χ2n) is 5.62. The zero-order chi connectivity index (χ0) is 15.2. The summed E-state index contributed by atoms with van der Waals surface area (Å²) in [5, 5.41) is 0.